The monoisotopic (exact) mass is 275 g/mol. The third-order valence-electron chi connectivity index (χ3n) is 2.50. The number of rotatable bonds is 3. The second-order valence-corrected chi connectivity index (χ2v) is 3.94. The Morgan fingerprint density at radius 2 is 1.95 bits per heavy atom. The van der Waals surface area contributed by atoms with Crippen molar-refractivity contribution < 1.29 is 14.0 Å². The van der Waals surface area contributed by atoms with E-state index in [1.54, 1.807) is 0 Å². The molecule has 2 rings (SSSR count). The number of nitrogens with one attached hydrogen (secondary N) is 2. The summed E-state index contributed by atoms with van der Waals surface area (Å²) in [5.41, 5.74) is 4.49. The number of amides is 2. The molecule has 2 aromatic rings. The second-order valence-electron chi connectivity index (χ2n) is 3.94. The second kappa shape index (κ2) is 5.35. The van der Waals surface area contributed by atoms with Crippen molar-refractivity contribution >= 4 is 17.5 Å². The van der Waals surface area contributed by atoms with E-state index in [2.05, 4.69) is 10.3 Å². The maximum atomic E-state index is 13.3. The predicted octanol–water partition coefficient (Wildman–Crippen LogP) is 0.865. The van der Waals surface area contributed by atoms with Gasteiger partial charge in [-0.05, 0) is 24.3 Å². The predicted molar refractivity (Wildman–Crippen MR) is 69.9 cm³/mol. The number of benzene rings is 1. The summed E-state index contributed by atoms with van der Waals surface area (Å²) >= 11 is 0. The summed E-state index contributed by atoms with van der Waals surface area (Å²) in [5.74, 6) is -2.31. The average molecular weight is 275 g/mol. The lowest BCUT2D eigenvalue weighted by atomic mass is 10.1. The molecule has 2 amide bonds. The van der Waals surface area contributed by atoms with E-state index in [-0.39, 0.29) is 16.9 Å². The Morgan fingerprint density at radius 1 is 1.20 bits per heavy atom. The Balaban J connectivity index is 2.26. The van der Waals surface area contributed by atoms with Gasteiger partial charge in [0.25, 0.3) is 11.8 Å². The van der Waals surface area contributed by atoms with E-state index in [9.17, 15) is 18.8 Å². The maximum Gasteiger partial charge on any atom is 0.272 e. The molecule has 0 unspecified atom stereocenters. The minimum Gasteiger partial charge on any atom is -0.366 e. The van der Waals surface area contributed by atoms with Gasteiger partial charge in [0, 0.05) is 11.8 Å². The zero-order chi connectivity index (χ0) is 14.7. The number of hydrogen-bond donors (Lipinski definition) is 3. The normalized spacial score (nSPS) is 10.1. The minimum atomic E-state index is -0.938. The number of aromatic amines is 1. The molecular formula is C13H10FN3O3. The highest BCUT2D eigenvalue weighted by Crippen LogP contribution is 2.15. The molecule has 0 bridgehead atoms. The van der Waals surface area contributed by atoms with E-state index in [0.29, 0.717) is 0 Å². The van der Waals surface area contributed by atoms with Crippen molar-refractivity contribution in [3.05, 3.63) is 63.8 Å². The van der Waals surface area contributed by atoms with Crippen LogP contribution in [0.15, 0.2) is 41.2 Å². The number of carbonyl (C=O) groups is 2. The molecule has 6 nitrogen and oxygen atoms in total. The lowest BCUT2D eigenvalue weighted by molar-refractivity contribution is 0.0992. The summed E-state index contributed by atoms with van der Waals surface area (Å²) in [6.45, 7) is 0. The van der Waals surface area contributed by atoms with Gasteiger partial charge < -0.3 is 16.0 Å². The van der Waals surface area contributed by atoms with Gasteiger partial charge in [0.1, 0.15) is 11.5 Å². The molecule has 102 valence electrons. The third kappa shape index (κ3) is 2.89. The lowest BCUT2D eigenvalue weighted by Crippen LogP contribution is -2.19. The van der Waals surface area contributed by atoms with Gasteiger partial charge in [-0.1, -0.05) is 6.07 Å². The van der Waals surface area contributed by atoms with Crippen LogP contribution in [0.25, 0.3) is 0 Å². The fraction of sp³-hybridized carbons (Fsp3) is 0. The topological polar surface area (TPSA) is 105 Å². The van der Waals surface area contributed by atoms with Crippen LogP contribution in [0.5, 0.6) is 0 Å². The number of pyridine rings is 1. The number of halogens is 1. The molecule has 0 fully saturated rings. The fourth-order valence-electron chi connectivity index (χ4n) is 1.57. The van der Waals surface area contributed by atoms with Gasteiger partial charge >= 0.3 is 0 Å². The largest absolute Gasteiger partial charge is 0.366 e. The van der Waals surface area contributed by atoms with Crippen molar-refractivity contribution in [2.75, 3.05) is 5.32 Å². The van der Waals surface area contributed by atoms with Crippen LogP contribution in [0, 0.1) is 5.82 Å². The first kappa shape index (κ1) is 13.5. The Bertz CT molecular complexity index is 740. The number of primary amides is 1. The Labute approximate surface area is 112 Å². The van der Waals surface area contributed by atoms with Gasteiger partial charge in [-0.2, -0.15) is 0 Å². The van der Waals surface area contributed by atoms with Gasteiger partial charge in [0.2, 0.25) is 5.56 Å². The van der Waals surface area contributed by atoms with E-state index in [1.165, 1.54) is 24.3 Å². The summed E-state index contributed by atoms with van der Waals surface area (Å²) in [7, 11) is 0. The molecule has 0 radical (unpaired) electrons. The molecule has 4 N–H and O–H groups in total. The van der Waals surface area contributed by atoms with E-state index >= 15 is 0 Å². The van der Waals surface area contributed by atoms with Crippen LogP contribution in [0.4, 0.5) is 10.1 Å². The summed E-state index contributed by atoms with van der Waals surface area (Å²) in [4.78, 5) is 36.3. The van der Waals surface area contributed by atoms with E-state index in [0.717, 1.165) is 12.1 Å². The molecule has 0 aliphatic rings. The molecule has 0 aliphatic heterocycles. The summed E-state index contributed by atoms with van der Waals surface area (Å²) in [6, 6.07) is 7.52. The summed E-state index contributed by atoms with van der Waals surface area (Å²) < 4.78 is 13.3. The molecule has 0 saturated carbocycles. The van der Waals surface area contributed by atoms with Crippen molar-refractivity contribution in [2.24, 2.45) is 5.73 Å². The van der Waals surface area contributed by atoms with Crippen molar-refractivity contribution in [1.82, 2.24) is 4.98 Å². The molecule has 0 spiro atoms. The lowest BCUT2D eigenvalue weighted by Gasteiger charge is -2.06. The zero-order valence-corrected chi connectivity index (χ0v) is 10.1. The van der Waals surface area contributed by atoms with Gasteiger partial charge in [0.05, 0.1) is 5.56 Å². The number of carbonyl (C=O) groups excluding carboxylic acids is 2. The molecule has 0 aliphatic carbocycles. The number of aromatic nitrogens is 1. The highest BCUT2D eigenvalue weighted by atomic mass is 19.1. The third-order valence-corrected chi connectivity index (χ3v) is 2.50. The van der Waals surface area contributed by atoms with Crippen molar-refractivity contribution in [2.45, 2.75) is 0 Å². The minimum absolute atomic E-state index is 0.0439. The molecule has 1 aromatic carbocycles. The average Bonchev–Trinajstić information content (AvgIpc) is 2.40. The van der Waals surface area contributed by atoms with Crippen LogP contribution in [0.2, 0.25) is 0 Å². The first-order valence-corrected chi connectivity index (χ1v) is 5.57. The molecular weight excluding hydrogens is 265 g/mol. The smallest absolute Gasteiger partial charge is 0.272 e. The fourth-order valence-corrected chi connectivity index (χ4v) is 1.57. The summed E-state index contributed by atoms with van der Waals surface area (Å²) in [6.07, 6.45) is 0. The highest BCUT2D eigenvalue weighted by Gasteiger charge is 2.11. The number of anilines is 1. The zero-order valence-electron chi connectivity index (χ0n) is 10.1. The van der Waals surface area contributed by atoms with Crippen molar-refractivity contribution in [3.8, 4) is 0 Å². The number of nitrogens with two attached hydrogens (primary N) is 1. The molecule has 0 atom stereocenters. The van der Waals surface area contributed by atoms with Crippen LogP contribution in [0.3, 0.4) is 0 Å². The first-order chi connectivity index (χ1) is 9.47. The Hall–Kier alpha value is -2.96. The van der Waals surface area contributed by atoms with Crippen molar-refractivity contribution in [3.63, 3.8) is 0 Å². The van der Waals surface area contributed by atoms with Gasteiger partial charge in [-0.25, -0.2) is 4.39 Å². The molecule has 1 heterocycles. The van der Waals surface area contributed by atoms with Crippen LogP contribution in [0.1, 0.15) is 20.8 Å². The van der Waals surface area contributed by atoms with Crippen LogP contribution in [-0.4, -0.2) is 16.8 Å². The molecule has 20 heavy (non-hydrogen) atoms. The van der Waals surface area contributed by atoms with Gasteiger partial charge in [-0.3, -0.25) is 14.4 Å². The van der Waals surface area contributed by atoms with Crippen molar-refractivity contribution in [1.29, 1.82) is 0 Å². The van der Waals surface area contributed by atoms with Crippen LogP contribution >= 0.6 is 0 Å². The standard InChI is InChI=1S/C13H10FN3O3/c14-9-5-4-7(6-8(9)12(15)19)16-13(20)10-2-1-3-11(18)17-10/h1-6H,(H2,15,19)(H,16,20)(H,17,18). The SMILES string of the molecule is NC(=O)c1cc(NC(=O)c2cccc(=O)[nH]2)ccc1F. The quantitative estimate of drug-likeness (QED) is 0.773. The van der Waals surface area contributed by atoms with E-state index in [4.69, 9.17) is 5.73 Å². The maximum absolute atomic E-state index is 13.3. The number of H-pyrrole nitrogens is 1. The van der Waals surface area contributed by atoms with Gasteiger partial charge in [0.15, 0.2) is 0 Å². The number of hydrogen-bond acceptors (Lipinski definition) is 3. The van der Waals surface area contributed by atoms with Gasteiger partial charge in [-0.15, -0.1) is 0 Å². The van der Waals surface area contributed by atoms with Crippen LogP contribution in [-0.2, 0) is 0 Å². The molecule has 0 saturated heterocycles. The highest BCUT2D eigenvalue weighted by molar-refractivity contribution is 6.03. The summed E-state index contributed by atoms with van der Waals surface area (Å²) in [5, 5.41) is 2.42. The molecule has 7 heteroatoms. The Kier molecular flexibility index (Phi) is 3.60. The van der Waals surface area contributed by atoms with E-state index < -0.39 is 23.2 Å². The molecule has 1 aromatic heterocycles. The van der Waals surface area contributed by atoms with E-state index in [1.807, 2.05) is 0 Å². The van der Waals surface area contributed by atoms with Crippen LogP contribution < -0.4 is 16.6 Å². The Morgan fingerprint density at radius 3 is 2.60 bits per heavy atom. The first-order valence-electron chi connectivity index (χ1n) is 5.57.